The van der Waals surface area contributed by atoms with Crippen molar-refractivity contribution in [3.05, 3.63) is 28.2 Å². The lowest BCUT2D eigenvalue weighted by molar-refractivity contribution is -0.881. The van der Waals surface area contributed by atoms with Crippen molar-refractivity contribution in [1.82, 2.24) is 5.32 Å². The highest BCUT2D eigenvalue weighted by Crippen LogP contribution is 2.29. The molecule has 5 nitrogen and oxygen atoms in total. The molecule has 128 valence electrons. The molecular weight excluding hydrogens is 337 g/mol. The van der Waals surface area contributed by atoms with E-state index in [4.69, 9.17) is 23.2 Å². The van der Waals surface area contributed by atoms with Crippen LogP contribution in [0.2, 0.25) is 10.0 Å². The van der Waals surface area contributed by atoms with Crippen molar-refractivity contribution in [3.8, 4) is 0 Å². The van der Waals surface area contributed by atoms with Crippen LogP contribution >= 0.6 is 23.2 Å². The summed E-state index contributed by atoms with van der Waals surface area (Å²) >= 11 is 12.0. The summed E-state index contributed by atoms with van der Waals surface area (Å²) in [5.41, 5.74) is 0.186. The second kappa shape index (κ2) is 8.52. The molecule has 0 bridgehead atoms. The van der Waals surface area contributed by atoms with Crippen LogP contribution in [0.25, 0.3) is 0 Å². The van der Waals surface area contributed by atoms with Crippen LogP contribution in [-0.4, -0.2) is 37.0 Å². The van der Waals surface area contributed by atoms with Crippen molar-refractivity contribution in [2.45, 2.75) is 33.2 Å². The van der Waals surface area contributed by atoms with E-state index in [2.05, 4.69) is 10.6 Å². The van der Waals surface area contributed by atoms with Gasteiger partial charge in [0.1, 0.15) is 0 Å². The fourth-order valence-corrected chi connectivity index (χ4v) is 2.37. The van der Waals surface area contributed by atoms with Crippen LogP contribution < -0.4 is 15.5 Å². The third kappa shape index (κ3) is 7.20. The molecule has 0 fully saturated rings. The van der Waals surface area contributed by atoms with E-state index in [1.54, 1.807) is 18.2 Å². The number of halogens is 2. The summed E-state index contributed by atoms with van der Waals surface area (Å²) in [5.74, 6) is -0.294. The topological polar surface area (TPSA) is 62.6 Å². The van der Waals surface area contributed by atoms with E-state index in [-0.39, 0.29) is 30.4 Å². The lowest BCUT2D eigenvalue weighted by Gasteiger charge is -2.23. The van der Waals surface area contributed by atoms with Crippen molar-refractivity contribution in [3.63, 3.8) is 0 Å². The fraction of sp³-hybridized carbons (Fsp3) is 0.500. The highest BCUT2D eigenvalue weighted by molar-refractivity contribution is 6.43. The number of hydrogen-bond donors (Lipinski definition) is 3. The Labute approximate surface area is 147 Å². The molecule has 0 radical (unpaired) electrons. The number of amides is 2. The van der Waals surface area contributed by atoms with E-state index in [0.29, 0.717) is 22.3 Å². The van der Waals surface area contributed by atoms with Gasteiger partial charge >= 0.3 is 0 Å². The second-order valence-electron chi connectivity index (χ2n) is 6.40. The minimum absolute atomic E-state index is 0.0806. The molecular formula is C16H24Cl2N3O2+. The van der Waals surface area contributed by atoms with Gasteiger partial charge in [-0.1, -0.05) is 29.3 Å². The Kier molecular flexibility index (Phi) is 7.32. The number of carbonyl (C=O) groups is 2. The van der Waals surface area contributed by atoms with E-state index in [9.17, 15) is 9.59 Å². The maximum Gasteiger partial charge on any atom is 0.279 e. The SMILES string of the molecule is CC[NH+](CC(=O)Nc1cccc(Cl)c1Cl)CC(=O)NC(C)(C)C. The summed E-state index contributed by atoms with van der Waals surface area (Å²) < 4.78 is 0. The molecule has 1 aromatic rings. The van der Waals surface area contributed by atoms with Crippen molar-refractivity contribution < 1.29 is 14.5 Å². The highest BCUT2D eigenvalue weighted by Gasteiger charge is 2.20. The maximum absolute atomic E-state index is 12.1. The Bertz CT molecular complexity index is 571. The lowest BCUT2D eigenvalue weighted by atomic mass is 10.1. The first-order chi connectivity index (χ1) is 10.6. The molecule has 2 amide bonds. The summed E-state index contributed by atoms with van der Waals surface area (Å²) in [6.07, 6.45) is 0. The monoisotopic (exact) mass is 360 g/mol. The van der Waals surface area contributed by atoms with Crippen molar-refractivity contribution in [2.75, 3.05) is 25.0 Å². The molecule has 1 atom stereocenters. The van der Waals surface area contributed by atoms with E-state index in [1.807, 2.05) is 27.7 Å². The first-order valence-corrected chi connectivity index (χ1v) is 8.26. The van der Waals surface area contributed by atoms with Crippen LogP contribution in [0.1, 0.15) is 27.7 Å². The Balaban J connectivity index is 2.60. The largest absolute Gasteiger partial charge is 0.347 e. The number of benzene rings is 1. The Morgan fingerprint density at radius 2 is 1.74 bits per heavy atom. The fourth-order valence-electron chi connectivity index (χ4n) is 2.02. The predicted molar refractivity (Wildman–Crippen MR) is 94.2 cm³/mol. The average molecular weight is 361 g/mol. The summed E-state index contributed by atoms with van der Waals surface area (Å²) in [7, 11) is 0. The molecule has 0 aliphatic heterocycles. The van der Waals surface area contributed by atoms with Gasteiger partial charge in [0.2, 0.25) is 0 Å². The molecule has 3 N–H and O–H groups in total. The van der Waals surface area contributed by atoms with Crippen molar-refractivity contribution in [2.24, 2.45) is 0 Å². The molecule has 0 saturated carbocycles. The molecule has 23 heavy (non-hydrogen) atoms. The molecule has 0 saturated heterocycles. The number of rotatable bonds is 6. The third-order valence-corrected chi connectivity index (χ3v) is 3.88. The predicted octanol–water partition coefficient (Wildman–Crippen LogP) is 1.75. The van der Waals surface area contributed by atoms with Gasteiger partial charge < -0.3 is 15.5 Å². The Morgan fingerprint density at radius 1 is 1.13 bits per heavy atom. The van der Waals surface area contributed by atoms with Gasteiger partial charge in [0, 0.05) is 5.54 Å². The van der Waals surface area contributed by atoms with Gasteiger partial charge in [-0.25, -0.2) is 0 Å². The normalized spacial score (nSPS) is 12.6. The quantitative estimate of drug-likeness (QED) is 0.723. The number of hydrogen-bond acceptors (Lipinski definition) is 2. The van der Waals surface area contributed by atoms with Gasteiger partial charge in [0.15, 0.2) is 13.1 Å². The molecule has 1 aromatic carbocycles. The van der Waals surface area contributed by atoms with E-state index < -0.39 is 0 Å². The van der Waals surface area contributed by atoms with E-state index >= 15 is 0 Å². The van der Waals surface area contributed by atoms with Gasteiger partial charge in [-0.15, -0.1) is 0 Å². The number of carbonyl (C=O) groups excluding carboxylic acids is 2. The van der Waals surface area contributed by atoms with Crippen LogP contribution in [0.3, 0.4) is 0 Å². The highest BCUT2D eigenvalue weighted by atomic mass is 35.5. The zero-order valence-corrected chi connectivity index (χ0v) is 15.4. The molecule has 7 heteroatoms. The van der Waals surface area contributed by atoms with Crippen LogP contribution in [0.5, 0.6) is 0 Å². The standard InChI is InChI=1S/C16H23Cl2N3O2/c1-5-21(10-14(23)20-16(2,3)4)9-13(22)19-12-8-6-7-11(17)15(12)18/h6-8H,5,9-10H2,1-4H3,(H,19,22)(H,20,23)/p+1. The second-order valence-corrected chi connectivity index (χ2v) is 7.19. The maximum atomic E-state index is 12.1. The number of anilines is 1. The van der Waals surface area contributed by atoms with Crippen LogP contribution in [0.4, 0.5) is 5.69 Å². The third-order valence-electron chi connectivity index (χ3n) is 3.06. The number of nitrogens with one attached hydrogen (secondary N) is 3. The Morgan fingerprint density at radius 3 is 2.30 bits per heavy atom. The molecule has 0 aromatic heterocycles. The van der Waals surface area contributed by atoms with E-state index in [0.717, 1.165) is 4.90 Å². The van der Waals surface area contributed by atoms with Gasteiger partial charge in [0.05, 0.1) is 22.3 Å². The first-order valence-electron chi connectivity index (χ1n) is 7.51. The minimum Gasteiger partial charge on any atom is -0.347 e. The summed E-state index contributed by atoms with van der Waals surface area (Å²) in [6.45, 7) is 8.77. The molecule has 1 rings (SSSR count). The molecule has 0 spiro atoms. The van der Waals surface area contributed by atoms with Gasteiger partial charge in [-0.05, 0) is 39.8 Å². The summed E-state index contributed by atoms with van der Waals surface area (Å²) in [6, 6.07) is 5.05. The number of likely N-dealkylation sites (N-methyl/N-ethyl adjacent to an activating group) is 1. The van der Waals surface area contributed by atoms with Gasteiger partial charge in [-0.3, -0.25) is 9.59 Å². The average Bonchev–Trinajstić information content (AvgIpc) is 2.41. The van der Waals surface area contributed by atoms with Crippen molar-refractivity contribution in [1.29, 1.82) is 0 Å². The molecule has 1 unspecified atom stereocenters. The zero-order chi connectivity index (χ0) is 17.6. The first kappa shape index (κ1) is 19.7. The van der Waals surface area contributed by atoms with E-state index in [1.165, 1.54) is 0 Å². The van der Waals surface area contributed by atoms with Crippen LogP contribution in [0.15, 0.2) is 18.2 Å². The molecule has 0 aliphatic rings. The lowest BCUT2D eigenvalue weighted by Crippen LogP contribution is -3.14. The van der Waals surface area contributed by atoms with Gasteiger partial charge in [0.25, 0.3) is 11.8 Å². The number of quaternary nitrogens is 1. The molecule has 0 aliphatic carbocycles. The van der Waals surface area contributed by atoms with Gasteiger partial charge in [-0.2, -0.15) is 0 Å². The van der Waals surface area contributed by atoms with Crippen molar-refractivity contribution >= 4 is 40.7 Å². The Hall–Kier alpha value is -1.30. The smallest absolute Gasteiger partial charge is 0.279 e. The van der Waals surface area contributed by atoms with Crippen LogP contribution in [-0.2, 0) is 9.59 Å². The zero-order valence-electron chi connectivity index (χ0n) is 13.9. The summed E-state index contributed by atoms with van der Waals surface area (Å²) in [4.78, 5) is 25.0. The van der Waals surface area contributed by atoms with Crippen LogP contribution in [0, 0.1) is 0 Å². The molecule has 0 heterocycles. The minimum atomic E-state index is -0.285. The summed E-state index contributed by atoms with van der Waals surface area (Å²) in [5, 5.41) is 6.32.